The van der Waals surface area contributed by atoms with Crippen molar-refractivity contribution in [2.45, 2.75) is 23.6 Å². The number of rotatable bonds is 4. The number of hydrogen-bond donors (Lipinski definition) is 1. The number of aliphatic hydroxyl groups excluding tert-OH is 1. The van der Waals surface area contributed by atoms with Crippen molar-refractivity contribution in [3.63, 3.8) is 0 Å². The van der Waals surface area contributed by atoms with Gasteiger partial charge in [0.25, 0.3) is 6.43 Å². The van der Waals surface area contributed by atoms with Crippen molar-refractivity contribution in [3.8, 4) is 0 Å². The Labute approximate surface area is 99.9 Å². The van der Waals surface area contributed by atoms with Gasteiger partial charge in [-0.2, -0.15) is 9.61 Å². The molecule has 5 nitrogen and oxygen atoms in total. The SMILES string of the molecule is CC(CO)Sc1ccc2nnc(C(F)F)n2n1. The molecule has 0 saturated heterocycles. The van der Waals surface area contributed by atoms with Gasteiger partial charge in [0.05, 0.1) is 6.61 Å². The molecular weight excluding hydrogens is 250 g/mol. The largest absolute Gasteiger partial charge is 0.395 e. The average molecular weight is 260 g/mol. The van der Waals surface area contributed by atoms with Gasteiger partial charge in [-0.15, -0.1) is 10.2 Å². The summed E-state index contributed by atoms with van der Waals surface area (Å²) in [6.07, 6.45) is -2.71. The van der Waals surface area contributed by atoms with Gasteiger partial charge in [0.2, 0.25) is 5.82 Å². The topological polar surface area (TPSA) is 63.3 Å². The molecule has 2 rings (SSSR count). The fraction of sp³-hybridized carbons (Fsp3) is 0.444. The lowest BCUT2D eigenvalue weighted by Crippen LogP contribution is -2.05. The number of aromatic nitrogens is 4. The van der Waals surface area contributed by atoms with Crippen molar-refractivity contribution in [2.75, 3.05) is 6.61 Å². The van der Waals surface area contributed by atoms with Gasteiger partial charge < -0.3 is 5.11 Å². The minimum Gasteiger partial charge on any atom is -0.395 e. The summed E-state index contributed by atoms with van der Waals surface area (Å²) in [4.78, 5) is 0. The highest BCUT2D eigenvalue weighted by Crippen LogP contribution is 2.22. The van der Waals surface area contributed by atoms with Crippen LogP contribution in [0.15, 0.2) is 17.2 Å². The number of alkyl halides is 2. The Balaban J connectivity index is 2.37. The highest BCUT2D eigenvalue weighted by atomic mass is 32.2. The van der Waals surface area contributed by atoms with Crippen LogP contribution in [0.1, 0.15) is 19.2 Å². The number of nitrogens with zero attached hydrogens (tertiary/aromatic N) is 4. The van der Waals surface area contributed by atoms with Gasteiger partial charge in [0.1, 0.15) is 5.03 Å². The summed E-state index contributed by atoms with van der Waals surface area (Å²) < 4.78 is 26.2. The van der Waals surface area contributed by atoms with Gasteiger partial charge in [0.15, 0.2) is 5.65 Å². The molecule has 2 aromatic heterocycles. The summed E-state index contributed by atoms with van der Waals surface area (Å²) in [5, 5.41) is 20.4. The van der Waals surface area contributed by atoms with Crippen molar-refractivity contribution >= 4 is 17.4 Å². The van der Waals surface area contributed by atoms with Crippen molar-refractivity contribution in [2.24, 2.45) is 0 Å². The molecule has 17 heavy (non-hydrogen) atoms. The first-order valence-electron chi connectivity index (χ1n) is 4.90. The van der Waals surface area contributed by atoms with E-state index in [0.29, 0.717) is 5.03 Å². The van der Waals surface area contributed by atoms with Gasteiger partial charge in [-0.3, -0.25) is 0 Å². The van der Waals surface area contributed by atoms with Crippen LogP contribution in [-0.2, 0) is 0 Å². The molecule has 0 radical (unpaired) electrons. The molecule has 0 fully saturated rings. The summed E-state index contributed by atoms with van der Waals surface area (Å²) >= 11 is 1.30. The molecule has 0 aromatic carbocycles. The number of hydrogen-bond acceptors (Lipinski definition) is 5. The third-order valence-corrected chi connectivity index (χ3v) is 3.05. The van der Waals surface area contributed by atoms with Gasteiger partial charge in [-0.1, -0.05) is 18.7 Å². The number of thioether (sulfide) groups is 1. The average Bonchev–Trinajstić information content (AvgIpc) is 2.71. The normalized spacial score (nSPS) is 13.5. The van der Waals surface area contributed by atoms with E-state index in [4.69, 9.17) is 5.11 Å². The molecule has 1 N–H and O–H groups in total. The zero-order chi connectivity index (χ0) is 12.4. The molecule has 2 heterocycles. The lowest BCUT2D eigenvalue weighted by atomic mass is 10.5. The van der Waals surface area contributed by atoms with Crippen LogP contribution in [0, 0.1) is 0 Å². The third kappa shape index (κ3) is 2.52. The van der Waals surface area contributed by atoms with Crippen LogP contribution in [0.2, 0.25) is 0 Å². The van der Waals surface area contributed by atoms with E-state index in [2.05, 4.69) is 15.3 Å². The Kier molecular flexibility index (Phi) is 3.53. The maximum Gasteiger partial charge on any atom is 0.299 e. The van der Waals surface area contributed by atoms with Gasteiger partial charge in [-0.25, -0.2) is 8.78 Å². The molecule has 0 spiro atoms. The predicted molar refractivity (Wildman–Crippen MR) is 58.1 cm³/mol. The molecule has 0 saturated carbocycles. The zero-order valence-corrected chi connectivity index (χ0v) is 9.73. The molecule has 92 valence electrons. The minimum atomic E-state index is -2.71. The van der Waals surface area contributed by atoms with Crippen molar-refractivity contribution in [3.05, 3.63) is 18.0 Å². The summed E-state index contributed by atoms with van der Waals surface area (Å²) in [5.41, 5.74) is 0.279. The van der Waals surface area contributed by atoms with Crippen LogP contribution in [0.3, 0.4) is 0 Å². The number of aliphatic hydroxyl groups is 1. The first-order valence-corrected chi connectivity index (χ1v) is 5.78. The van der Waals surface area contributed by atoms with E-state index >= 15 is 0 Å². The zero-order valence-electron chi connectivity index (χ0n) is 8.92. The second-order valence-corrected chi connectivity index (χ2v) is 4.87. The molecular formula is C9H10F2N4OS. The minimum absolute atomic E-state index is 0.00569. The third-order valence-electron chi connectivity index (χ3n) is 2.04. The second-order valence-electron chi connectivity index (χ2n) is 3.41. The molecule has 0 bridgehead atoms. The maximum atomic E-state index is 12.6. The van der Waals surface area contributed by atoms with E-state index in [1.807, 2.05) is 6.92 Å². The van der Waals surface area contributed by atoms with Crippen molar-refractivity contribution in [1.82, 2.24) is 19.8 Å². The molecule has 8 heteroatoms. The van der Waals surface area contributed by atoms with Gasteiger partial charge >= 0.3 is 0 Å². The Morgan fingerprint density at radius 1 is 1.41 bits per heavy atom. The van der Waals surface area contributed by atoms with Crippen molar-refractivity contribution in [1.29, 1.82) is 0 Å². The first-order chi connectivity index (χ1) is 8.11. The van der Waals surface area contributed by atoms with E-state index in [-0.39, 0.29) is 17.5 Å². The molecule has 0 aliphatic carbocycles. The quantitative estimate of drug-likeness (QED) is 0.845. The standard InChI is InChI=1S/C9H10F2N4OS/c1-5(4-16)17-7-3-2-6-12-13-9(8(10)11)15(6)14-7/h2-3,5,8,16H,4H2,1H3. The summed E-state index contributed by atoms with van der Waals surface area (Å²) in [6.45, 7) is 1.81. The van der Waals surface area contributed by atoms with Crippen LogP contribution in [0.25, 0.3) is 5.65 Å². The highest BCUT2D eigenvalue weighted by Gasteiger charge is 2.17. The smallest absolute Gasteiger partial charge is 0.299 e. The van der Waals surface area contributed by atoms with Gasteiger partial charge in [-0.05, 0) is 12.1 Å². The molecule has 0 amide bonds. The monoisotopic (exact) mass is 260 g/mol. The fourth-order valence-corrected chi connectivity index (χ4v) is 1.99. The second kappa shape index (κ2) is 4.92. The Hall–Kier alpha value is -1.28. The van der Waals surface area contributed by atoms with E-state index in [1.165, 1.54) is 11.8 Å². The first kappa shape index (κ1) is 12.2. The molecule has 0 aliphatic rings. The Morgan fingerprint density at radius 2 is 2.18 bits per heavy atom. The molecule has 0 aliphatic heterocycles. The van der Waals surface area contributed by atoms with Crippen LogP contribution in [0.4, 0.5) is 8.78 Å². The Morgan fingerprint density at radius 3 is 2.82 bits per heavy atom. The van der Waals surface area contributed by atoms with E-state index in [0.717, 1.165) is 4.52 Å². The summed E-state index contributed by atoms with van der Waals surface area (Å²) in [5.74, 6) is -0.473. The Bertz CT molecular complexity index is 519. The molecule has 1 unspecified atom stereocenters. The summed E-state index contributed by atoms with van der Waals surface area (Å²) in [7, 11) is 0. The van der Waals surface area contributed by atoms with Crippen LogP contribution in [-0.4, -0.2) is 36.8 Å². The lowest BCUT2D eigenvalue weighted by molar-refractivity contribution is 0.137. The summed E-state index contributed by atoms with van der Waals surface area (Å²) in [6, 6.07) is 3.23. The van der Waals surface area contributed by atoms with Crippen molar-refractivity contribution < 1.29 is 13.9 Å². The van der Waals surface area contributed by atoms with Crippen LogP contribution < -0.4 is 0 Å². The lowest BCUT2D eigenvalue weighted by Gasteiger charge is -2.06. The number of halogens is 2. The molecule has 1 atom stereocenters. The van der Waals surface area contributed by atoms with E-state index in [9.17, 15) is 8.78 Å². The highest BCUT2D eigenvalue weighted by molar-refractivity contribution is 7.99. The van der Waals surface area contributed by atoms with Crippen LogP contribution in [0.5, 0.6) is 0 Å². The van der Waals surface area contributed by atoms with E-state index in [1.54, 1.807) is 12.1 Å². The van der Waals surface area contributed by atoms with E-state index < -0.39 is 12.2 Å². The van der Waals surface area contributed by atoms with Crippen LogP contribution >= 0.6 is 11.8 Å². The maximum absolute atomic E-state index is 12.6. The molecule has 2 aromatic rings. The fourth-order valence-electron chi connectivity index (χ4n) is 1.23. The predicted octanol–water partition coefficient (Wildman–Crippen LogP) is 1.53. The van der Waals surface area contributed by atoms with Gasteiger partial charge in [0, 0.05) is 5.25 Å². The number of fused-ring (bicyclic) bond motifs is 1.